The van der Waals surface area contributed by atoms with Crippen LogP contribution in [0.1, 0.15) is 48.2 Å². The van der Waals surface area contributed by atoms with Gasteiger partial charge < -0.3 is 0 Å². The zero-order valence-corrected chi connectivity index (χ0v) is 19.4. The van der Waals surface area contributed by atoms with Crippen LogP contribution in [0.15, 0.2) is 41.3 Å². The molecule has 3 aromatic rings. The maximum absolute atomic E-state index is 12.8. The Morgan fingerprint density at radius 1 is 1.13 bits per heavy atom. The van der Waals surface area contributed by atoms with Crippen LogP contribution in [0.25, 0.3) is 10.2 Å². The number of hydrogen-bond acceptors (Lipinski definition) is 5. The molecule has 160 valence electrons. The summed E-state index contributed by atoms with van der Waals surface area (Å²) >= 11 is 1.43. The van der Waals surface area contributed by atoms with Crippen LogP contribution in [0, 0.1) is 13.8 Å². The number of fused-ring (bicyclic) bond motifs is 1. The molecule has 30 heavy (non-hydrogen) atoms. The molecule has 0 saturated carbocycles. The van der Waals surface area contributed by atoms with Crippen LogP contribution in [-0.2, 0) is 10.0 Å². The van der Waals surface area contributed by atoms with Gasteiger partial charge in [-0.25, -0.2) is 13.4 Å². The molecule has 0 aliphatic rings. The standard InChI is InChI=1S/C22H27N3O3S2/c1-5-7-12-25(6-2)30(27,28)18-10-8-17(9-11-18)21(26)24-22-23-19-14-15(3)13-16(4)20(19)29-22/h8-11,13-14H,5-7,12H2,1-4H3,(H,23,24,26). The minimum atomic E-state index is -3.56. The van der Waals surface area contributed by atoms with Gasteiger partial charge in [0.2, 0.25) is 10.0 Å². The quantitative estimate of drug-likeness (QED) is 0.530. The zero-order valence-electron chi connectivity index (χ0n) is 17.7. The number of unbranched alkanes of at least 4 members (excludes halogenated alkanes) is 1. The number of carbonyl (C=O) groups is 1. The summed E-state index contributed by atoms with van der Waals surface area (Å²) in [4.78, 5) is 17.3. The van der Waals surface area contributed by atoms with Crippen molar-refractivity contribution in [2.45, 2.75) is 45.4 Å². The Bertz CT molecular complexity index is 1150. The predicted octanol–water partition coefficient (Wildman–Crippen LogP) is 4.98. The van der Waals surface area contributed by atoms with Gasteiger partial charge in [0.1, 0.15) is 0 Å². The van der Waals surface area contributed by atoms with E-state index in [2.05, 4.69) is 16.4 Å². The zero-order chi connectivity index (χ0) is 21.9. The highest BCUT2D eigenvalue weighted by Crippen LogP contribution is 2.30. The van der Waals surface area contributed by atoms with Crippen molar-refractivity contribution in [1.82, 2.24) is 9.29 Å². The number of hydrogen-bond donors (Lipinski definition) is 1. The Labute approximate surface area is 182 Å². The van der Waals surface area contributed by atoms with Crippen LogP contribution in [0.2, 0.25) is 0 Å². The molecule has 0 atom stereocenters. The number of carbonyl (C=O) groups excluding carboxylic acids is 1. The summed E-state index contributed by atoms with van der Waals surface area (Å²) in [6.07, 6.45) is 1.74. The summed E-state index contributed by atoms with van der Waals surface area (Å²) in [5.74, 6) is -0.314. The molecular formula is C22H27N3O3S2. The van der Waals surface area contributed by atoms with Crippen LogP contribution >= 0.6 is 11.3 Å². The predicted molar refractivity (Wildman–Crippen MR) is 123 cm³/mol. The molecule has 6 nitrogen and oxygen atoms in total. The molecule has 1 N–H and O–H groups in total. The van der Waals surface area contributed by atoms with Gasteiger partial charge >= 0.3 is 0 Å². The van der Waals surface area contributed by atoms with E-state index in [-0.39, 0.29) is 10.8 Å². The van der Waals surface area contributed by atoms with Crippen LogP contribution < -0.4 is 5.32 Å². The molecule has 0 bridgehead atoms. The fraction of sp³-hybridized carbons (Fsp3) is 0.364. The lowest BCUT2D eigenvalue weighted by Crippen LogP contribution is -2.31. The molecule has 2 aromatic carbocycles. The monoisotopic (exact) mass is 445 g/mol. The van der Waals surface area contributed by atoms with E-state index in [4.69, 9.17) is 0 Å². The van der Waals surface area contributed by atoms with Gasteiger partial charge in [-0.05, 0) is 61.7 Å². The van der Waals surface area contributed by atoms with Gasteiger partial charge in [-0.2, -0.15) is 4.31 Å². The smallest absolute Gasteiger partial charge is 0.257 e. The van der Waals surface area contributed by atoms with Gasteiger partial charge in [0.05, 0.1) is 15.1 Å². The molecule has 8 heteroatoms. The largest absolute Gasteiger partial charge is 0.298 e. The van der Waals surface area contributed by atoms with E-state index in [1.165, 1.54) is 27.8 Å². The summed E-state index contributed by atoms with van der Waals surface area (Å²) in [5, 5.41) is 3.35. The van der Waals surface area contributed by atoms with Crippen molar-refractivity contribution < 1.29 is 13.2 Å². The Hall–Kier alpha value is -2.29. The summed E-state index contributed by atoms with van der Waals surface area (Å²) in [7, 11) is -3.56. The highest BCUT2D eigenvalue weighted by atomic mass is 32.2. The topological polar surface area (TPSA) is 79.4 Å². The van der Waals surface area contributed by atoms with Crippen molar-refractivity contribution in [3.8, 4) is 0 Å². The van der Waals surface area contributed by atoms with E-state index < -0.39 is 10.0 Å². The molecule has 0 aliphatic heterocycles. The maximum Gasteiger partial charge on any atom is 0.257 e. The van der Waals surface area contributed by atoms with Crippen molar-refractivity contribution in [1.29, 1.82) is 0 Å². The van der Waals surface area contributed by atoms with Crippen LogP contribution in [0.4, 0.5) is 5.13 Å². The third kappa shape index (κ3) is 4.71. The summed E-state index contributed by atoms with van der Waals surface area (Å²) in [5.41, 5.74) is 3.50. The molecule has 1 aromatic heterocycles. The van der Waals surface area contributed by atoms with Gasteiger partial charge in [-0.15, -0.1) is 0 Å². The molecule has 1 amide bonds. The van der Waals surface area contributed by atoms with Gasteiger partial charge in [0.25, 0.3) is 5.91 Å². The third-order valence-electron chi connectivity index (χ3n) is 4.91. The summed E-state index contributed by atoms with van der Waals surface area (Å²) < 4.78 is 28.1. The Kier molecular flexibility index (Phi) is 6.90. The molecule has 0 radical (unpaired) electrons. The number of anilines is 1. The molecule has 3 rings (SSSR count). The van der Waals surface area contributed by atoms with E-state index >= 15 is 0 Å². The van der Waals surface area contributed by atoms with Crippen LogP contribution in [0.3, 0.4) is 0 Å². The lowest BCUT2D eigenvalue weighted by molar-refractivity contribution is 0.102. The summed E-state index contributed by atoms with van der Waals surface area (Å²) in [6.45, 7) is 8.81. The maximum atomic E-state index is 12.8. The number of sulfonamides is 1. The van der Waals surface area contributed by atoms with Crippen molar-refractivity contribution in [3.63, 3.8) is 0 Å². The number of amides is 1. The second-order valence-electron chi connectivity index (χ2n) is 7.28. The van der Waals surface area contributed by atoms with E-state index in [0.29, 0.717) is 23.8 Å². The Morgan fingerprint density at radius 2 is 1.83 bits per heavy atom. The van der Waals surface area contributed by atoms with Crippen molar-refractivity contribution in [2.75, 3.05) is 18.4 Å². The molecular weight excluding hydrogens is 418 g/mol. The average Bonchev–Trinajstić information content (AvgIpc) is 3.11. The fourth-order valence-electron chi connectivity index (χ4n) is 3.31. The molecule has 0 aliphatic carbocycles. The van der Waals surface area contributed by atoms with Crippen molar-refractivity contribution in [2.24, 2.45) is 0 Å². The Morgan fingerprint density at radius 3 is 2.47 bits per heavy atom. The van der Waals surface area contributed by atoms with E-state index in [0.717, 1.165) is 34.2 Å². The second kappa shape index (κ2) is 9.24. The molecule has 0 spiro atoms. The van der Waals surface area contributed by atoms with Crippen LogP contribution in [0.5, 0.6) is 0 Å². The first kappa shape index (κ1) is 22.4. The molecule has 0 unspecified atom stereocenters. The first-order valence-corrected chi connectivity index (χ1v) is 12.3. The SMILES string of the molecule is CCCCN(CC)S(=O)(=O)c1ccc(C(=O)Nc2nc3cc(C)cc(C)c3s2)cc1. The minimum absolute atomic E-state index is 0.197. The first-order chi connectivity index (χ1) is 14.3. The first-order valence-electron chi connectivity index (χ1n) is 10.1. The number of aromatic nitrogens is 1. The van der Waals surface area contributed by atoms with Gasteiger partial charge in [-0.3, -0.25) is 10.1 Å². The minimum Gasteiger partial charge on any atom is -0.298 e. The number of rotatable bonds is 8. The lowest BCUT2D eigenvalue weighted by atomic mass is 10.1. The second-order valence-corrected chi connectivity index (χ2v) is 10.2. The fourth-order valence-corrected chi connectivity index (χ4v) is 5.71. The van der Waals surface area contributed by atoms with E-state index in [1.807, 2.05) is 33.8 Å². The van der Waals surface area contributed by atoms with E-state index in [1.54, 1.807) is 12.1 Å². The van der Waals surface area contributed by atoms with Crippen LogP contribution in [-0.4, -0.2) is 36.7 Å². The number of benzene rings is 2. The normalized spacial score (nSPS) is 11.9. The number of aryl methyl sites for hydroxylation is 2. The number of nitrogens with zero attached hydrogens (tertiary/aromatic N) is 2. The molecule has 0 fully saturated rings. The summed E-state index contributed by atoms with van der Waals surface area (Å²) in [6, 6.07) is 10.1. The lowest BCUT2D eigenvalue weighted by Gasteiger charge is -2.20. The Balaban J connectivity index is 1.77. The molecule has 0 saturated heterocycles. The average molecular weight is 446 g/mol. The third-order valence-corrected chi connectivity index (χ3v) is 8.02. The number of nitrogens with one attached hydrogen (secondary N) is 1. The van der Waals surface area contributed by atoms with Crippen molar-refractivity contribution in [3.05, 3.63) is 53.1 Å². The highest BCUT2D eigenvalue weighted by Gasteiger charge is 2.23. The van der Waals surface area contributed by atoms with E-state index in [9.17, 15) is 13.2 Å². The van der Waals surface area contributed by atoms with Gasteiger partial charge in [-0.1, -0.05) is 37.7 Å². The van der Waals surface area contributed by atoms with Gasteiger partial charge in [0.15, 0.2) is 5.13 Å². The van der Waals surface area contributed by atoms with Gasteiger partial charge in [0, 0.05) is 18.7 Å². The highest BCUT2D eigenvalue weighted by molar-refractivity contribution is 7.89. The number of thiazole rings is 1. The molecule has 1 heterocycles. The van der Waals surface area contributed by atoms with Crippen molar-refractivity contribution >= 4 is 42.6 Å².